The molecule has 0 aromatic carbocycles. The van der Waals surface area contributed by atoms with Crippen molar-refractivity contribution < 1.29 is 101 Å². The zero-order valence-electron chi connectivity index (χ0n) is 71.6. The fourth-order valence-corrected chi connectivity index (χ4v) is 13.2. The van der Waals surface area contributed by atoms with Crippen molar-refractivity contribution in [1.29, 1.82) is 0 Å². The summed E-state index contributed by atoms with van der Waals surface area (Å²) in [4.78, 5) is 120. The average molecular weight is 1740 g/mol. The molecule has 0 spiro atoms. The summed E-state index contributed by atoms with van der Waals surface area (Å²) >= 11 is 0. The number of fused-ring (bicyclic) bond motifs is 4. The van der Waals surface area contributed by atoms with Crippen LogP contribution in [0.25, 0.3) is 22.1 Å². The number of methoxy groups -OCH3 is 5. The smallest absolute Gasteiger partial charge is 0.870 e. The van der Waals surface area contributed by atoms with Gasteiger partial charge in [0, 0.05) is 166 Å². The average Bonchev–Trinajstić information content (AvgIpc) is 1.03. The van der Waals surface area contributed by atoms with Crippen molar-refractivity contribution in [3.8, 4) is 0 Å². The Morgan fingerprint density at radius 1 is 0.468 bits per heavy atom. The Balaban J connectivity index is 0.000000203. The summed E-state index contributed by atoms with van der Waals surface area (Å²) in [5.74, 6) is -3.14. The van der Waals surface area contributed by atoms with Gasteiger partial charge in [-0.15, -0.1) is 12.4 Å². The number of aromatic nitrogens is 19. The minimum absolute atomic E-state index is 0. The summed E-state index contributed by atoms with van der Waals surface area (Å²) in [7, 11) is 6.75. The molecule has 0 saturated carbocycles. The van der Waals surface area contributed by atoms with Gasteiger partial charge in [0.1, 0.15) is 45.8 Å². The molecule has 0 atom stereocenters. The number of carbonyl (C=O) groups is 8. The third-order valence-corrected chi connectivity index (χ3v) is 19.8. The standard InChI is InChI=1S/C16H19N3O2.2C15H14N4O2.C15H17N3O2.C11H16N2O4.C9H12N2O3.C6H6N2O.ClH.Li.H2O/c1-21-16(20)15-8-10-17-19(15)11-9-13-7-6-12-4-2-3-5-14(12)18-13;1-10-12(8-11-4-3-6-16-14(11)18-10)9-19-13(5-7-17-19)15(20)21-2;1-21-15(20)13-6-9-17-19(13)10-7-12-5-4-11-3-2-8-16-14(11)18-12;19-15(20)14-7-9-16-18(14)10-8-12-6-5-11-3-1-2-4-13(11)17-12;1-11(16-7-8-17-11)4-6-13-9(3-5-12-13)10(14)15-2;1-7(12)4-6-11-8(3-5-10-11)9(13)14-2;7-6-5(4-9)2-1-3-8-6;;;/h6-8,10H,2-5,9,11H2,1H3;3-8H,9H2,1-2H3;2-6,8-9H,7,10H2,1H3;5-7,9H,1-4,8,10H2,(H,19,20);3,5H,4,6-8H2,1-2H3;3,5H,4,6H2,1-2H3;1-4H,(H2,7,8);1H;;1H2/q;;;;;;;;+1;/p-1. The van der Waals surface area contributed by atoms with Gasteiger partial charge in [-0.3, -0.25) is 47.6 Å². The zero-order chi connectivity index (χ0) is 87.6. The van der Waals surface area contributed by atoms with Crippen molar-refractivity contribution in [2.45, 2.75) is 149 Å². The van der Waals surface area contributed by atoms with Crippen LogP contribution in [-0.4, -0.2) is 207 Å². The number of aryl methyl sites for hydroxylation is 13. The Labute approximate surface area is 744 Å². The minimum Gasteiger partial charge on any atom is -0.870 e. The van der Waals surface area contributed by atoms with Gasteiger partial charge in [0.15, 0.2) is 23.4 Å². The van der Waals surface area contributed by atoms with E-state index in [2.05, 4.69) is 83.2 Å². The maximum absolute atomic E-state index is 11.7. The third kappa shape index (κ3) is 28.6. The van der Waals surface area contributed by atoms with Gasteiger partial charge in [-0.05, 0) is 192 Å². The molecule has 37 nitrogen and oxygen atoms in total. The Bertz CT molecular complexity index is 5740. The summed E-state index contributed by atoms with van der Waals surface area (Å²) in [6.45, 7) is 9.68. The van der Waals surface area contributed by atoms with Gasteiger partial charge in [0.2, 0.25) is 0 Å². The second kappa shape index (κ2) is 50.4. The number of nitrogens with zero attached hydrogens (tertiary/aromatic N) is 19. The molecule has 126 heavy (non-hydrogen) atoms. The molecule has 39 heteroatoms. The number of ketones is 1. The quantitative estimate of drug-likeness (QED) is 0.0259. The molecule has 0 radical (unpaired) electrons. The van der Waals surface area contributed by atoms with E-state index in [0.717, 1.165) is 76.9 Å². The number of hydrogen-bond donors (Lipinski definition) is 2. The molecule has 3 aliphatic rings. The topological polar surface area (TPSA) is 475 Å². The molecule has 14 heterocycles. The van der Waals surface area contributed by atoms with E-state index in [-0.39, 0.29) is 71.9 Å². The summed E-state index contributed by atoms with van der Waals surface area (Å²) < 4.78 is 43.9. The van der Waals surface area contributed by atoms with Gasteiger partial charge in [-0.1, -0.05) is 12.1 Å². The van der Waals surface area contributed by atoms with E-state index >= 15 is 0 Å². The molecule has 658 valence electrons. The van der Waals surface area contributed by atoms with E-state index in [0.29, 0.717) is 124 Å². The van der Waals surface area contributed by atoms with Crippen molar-refractivity contribution >= 4 is 88.2 Å². The first-order valence-electron chi connectivity index (χ1n) is 39.7. The predicted molar refractivity (Wildman–Crippen MR) is 456 cm³/mol. The van der Waals surface area contributed by atoms with Gasteiger partial charge < -0.3 is 49.5 Å². The number of ether oxygens (including phenoxy) is 7. The number of nitrogens with two attached hydrogens (primary N) is 1. The largest absolute Gasteiger partial charge is 1.00 e. The molecule has 16 rings (SSSR count). The summed E-state index contributed by atoms with van der Waals surface area (Å²) in [6.07, 6.45) is 27.6. The monoisotopic (exact) mass is 1740 g/mol. The molecule has 1 saturated heterocycles. The number of hydrogen-bond acceptors (Lipinski definition) is 30. The van der Waals surface area contributed by atoms with Crippen LogP contribution < -0.4 is 24.6 Å². The molecule has 0 bridgehead atoms. The first-order chi connectivity index (χ1) is 59.6. The van der Waals surface area contributed by atoms with E-state index < -0.39 is 23.7 Å². The number of Topliss-reactive ketones (excluding diaryl/α,β-unsaturated/α-hetero) is 1. The van der Waals surface area contributed by atoms with Crippen molar-refractivity contribution in [3.05, 3.63) is 262 Å². The Hall–Kier alpha value is -13.4. The maximum Gasteiger partial charge on any atom is 1.00 e. The molecule has 13 aromatic heterocycles. The zero-order valence-corrected chi connectivity index (χ0v) is 72.4. The van der Waals surface area contributed by atoms with Crippen LogP contribution in [-0.2, 0) is 122 Å². The third-order valence-electron chi connectivity index (χ3n) is 19.8. The van der Waals surface area contributed by atoms with Crippen LogP contribution in [0, 0.1) is 6.92 Å². The fraction of sp³-hybridized carbons (Fsp3) is 0.345. The van der Waals surface area contributed by atoms with Crippen LogP contribution in [0.4, 0.5) is 5.82 Å². The molecular formula is C87H100ClLiN20O17. The molecule has 2 aliphatic carbocycles. The number of carboxylic acid groups (broad SMARTS) is 1. The van der Waals surface area contributed by atoms with Crippen molar-refractivity contribution in [3.63, 3.8) is 0 Å². The Morgan fingerprint density at radius 3 is 1.29 bits per heavy atom. The second-order valence-electron chi connectivity index (χ2n) is 28.1. The number of carbonyl (C=O) groups excluding carboxylic acids is 7. The van der Waals surface area contributed by atoms with Crippen molar-refractivity contribution in [2.75, 3.05) is 54.5 Å². The van der Waals surface area contributed by atoms with E-state index in [1.54, 1.807) is 105 Å². The molecule has 4 N–H and O–H groups in total. The Morgan fingerprint density at radius 2 is 0.849 bits per heavy atom. The molecular weight excluding hydrogens is 1640 g/mol. The number of aromatic carboxylic acids is 1. The first kappa shape index (κ1) is 99.7. The van der Waals surface area contributed by atoms with Crippen LogP contribution in [0.5, 0.6) is 0 Å². The van der Waals surface area contributed by atoms with Crippen LogP contribution in [0.1, 0.15) is 177 Å². The van der Waals surface area contributed by atoms with Crippen LogP contribution >= 0.6 is 12.4 Å². The summed E-state index contributed by atoms with van der Waals surface area (Å²) in [5.41, 5.74) is 19.6. The fourth-order valence-electron chi connectivity index (χ4n) is 13.2. The normalized spacial score (nSPS) is 12.3. The number of rotatable bonds is 24. The maximum atomic E-state index is 11.7. The first-order valence-corrected chi connectivity index (χ1v) is 39.7. The predicted octanol–water partition coefficient (Wildman–Crippen LogP) is 7.31. The van der Waals surface area contributed by atoms with E-state index in [1.165, 1.54) is 118 Å². The van der Waals surface area contributed by atoms with Gasteiger partial charge in [0.25, 0.3) is 0 Å². The SMILES string of the molecule is COC(=O)c1ccnn1CCC(C)=O.COC(=O)c1ccnn1CCC1(C)OCCO1.COC(=O)c1ccnn1CCc1ccc2c(n1)CCCC2.COC(=O)c1ccnn1CCc1ccc2cccnc2n1.COC(=O)c1ccnn1Cc1cc2cccnc2nc1C.Cl.Nc1ncccc1C=O.O=C(O)c1ccnn1CCc1ccc2c(n1)CCCC2.[Li+].[OH-]. The van der Waals surface area contributed by atoms with Crippen molar-refractivity contribution in [1.82, 2.24) is 93.6 Å². The van der Waals surface area contributed by atoms with Gasteiger partial charge in [-0.25, -0.2) is 53.7 Å². The van der Waals surface area contributed by atoms with E-state index in [1.807, 2.05) is 62.4 Å². The van der Waals surface area contributed by atoms with Gasteiger partial charge in [0.05, 0.1) is 60.9 Å². The van der Waals surface area contributed by atoms with Crippen molar-refractivity contribution in [2.24, 2.45) is 0 Å². The van der Waals surface area contributed by atoms with E-state index in [4.69, 9.17) is 44.5 Å². The molecule has 13 aromatic rings. The number of nitrogen functional groups attached to an aromatic ring is 1. The number of anilines is 1. The summed E-state index contributed by atoms with van der Waals surface area (Å²) in [6, 6.07) is 35.1. The number of aldehydes is 1. The molecule has 1 fully saturated rings. The van der Waals surface area contributed by atoms with E-state index in [9.17, 15) is 38.4 Å². The van der Waals surface area contributed by atoms with Crippen LogP contribution in [0.2, 0.25) is 0 Å². The minimum atomic E-state index is -0.944. The number of halogens is 1. The molecule has 0 amide bonds. The second-order valence-corrected chi connectivity index (χ2v) is 28.1. The molecule has 1 aliphatic heterocycles. The van der Waals surface area contributed by atoms with Crippen LogP contribution in [0.15, 0.2) is 171 Å². The molecule has 0 unspecified atom stereocenters. The number of pyridine rings is 7. The van der Waals surface area contributed by atoms with Crippen LogP contribution in [0.3, 0.4) is 0 Å². The number of carboxylic acids is 1. The Kier molecular flexibility index (Phi) is 39.8. The van der Waals surface area contributed by atoms with Gasteiger partial charge >= 0.3 is 54.7 Å². The number of esters is 5. The van der Waals surface area contributed by atoms with Gasteiger partial charge in [-0.2, -0.15) is 30.6 Å². The summed E-state index contributed by atoms with van der Waals surface area (Å²) in [5, 5.41) is 35.5.